The molecule has 0 bridgehead atoms. The molecule has 7 heteroatoms. The minimum absolute atomic E-state index is 0.0594. The summed E-state index contributed by atoms with van der Waals surface area (Å²) in [6.07, 6.45) is 2.61. The number of rotatable bonds is 8. The molecule has 3 rings (SSSR count). The molecule has 3 aromatic rings. The Morgan fingerprint density at radius 3 is 2.34 bits per heavy atom. The summed E-state index contributed by atoms with van der Waals surface area (Å²) in [4.78, 5) is 12.8. The van der Waals surface area contributed by atoms with E-state index in [1.54, 1.807) is 17.8 Å². The number of sulfone groups is 1. The van der Waals surface area contributed by atoms with Crippen molar-refractivity contribution in [2.75, 3.05) is 18.1 Å². The van der Waals surface area contributed by atoms with Gasteiger partial charge in [-0.25, -0.2) is 13.1 Å². The molecule has 0 aliphatic heterocycles. The van der Waals surface area contributed by atoms with E-state index in [1.807, 2.05) is 54.6 Å². The number of amides is 1. The van der Waals surface area contributed by atoms with Gasteiger partial charge in [0.15, 0.2) is 9.84 Å². The summed E-state index contributed by atoms with van der Waals surface area (Å²) in [6, 6.07) is 17.5. The summed E-state index contributed by atoms with van der Waals surface area (Å²) in [5, 5.41) is 7.35. The highest BCUT2D eigenvalue weighted by Crippen LogP contribution is 2.24. The molecule has 29 heavy (non-hydrogen) atoms. The Labute approximate surface area is 171 Å². The highest BCUT2D eigenvalue weighted by molar-refractivity contribution is 7.91. The van der Waals surface area contributed by atoms with E-state index >= 15 is 0 Å². The number of nitrogens with one attached hydrogen (secondary N) is 1. The monoisotopic (exact) mass is 411 g/mol. The first-order valence-electron chi connectivity index (χ1n) is 9.66. The lowest BCUT2D eigenvalue weighted by molar-refractivity contribution is 0.0956. The van der Waals surface area contributed by atoms with E-state index in [9.17, 15) is 13.2 Å². The molecule has 152 valence electrons. The topological polar surface area (TPSA) is 81.1 Å². The molecule has 0 saturated carbocycles. The lowest BCUT2D eigenvalue weighted by Crippen LogP contribution is -2.29. The predicted molar refractivity (Wildman–Crippen MR) is 115 cm³/mol. The molecule has 0 radical (unpaired) electrons. The van der Waals surface area contributed by atoms with E-state index in [-0.39, 0.29) is 24.0 Å². The van der Waals surface area contributed by atoms with Crippen LogP contribution in [0.15, 0.2) is 60.8 Å². The zero-order valence-corrected chi connectivity index (χ0v) is 17.4. The predicted octanol–water partition coefficient (Wildman–Crippen LogP) is 3.27. The van der Waals surface area contributed by atoms with Gasteiger partial charge in [-0.2, -0.15) is 5.10 Å². The van der Waals surface area contributed by atoms with Gasteiger partial charge in [0.25, 0.3) is 5.91 Å². The van der Waals surface area contributed by atoms with Gasteiger partial charge in [0.2, 0.25) is 0 Å². The zero-order valence-electron chi connectivity index (χ0n) is 16.6. The highest BCUT2D eigenvalue weighted by Gasteiger charge is 2.19. The van der Waals surface area contributed by atoms with Crippen molar-refractivity contribution >= 4 is 15.7 Å². The molecular formula is C22H25N3O3S. The van der Waals surface area contributed by atoms with Crippen molar-refractivity contribution in [2.45, 2.75) is 20.3 Å². The van der Waals surface area contributed by atoms with Gasteiger partial charge in [0.1, 0.15) is 5.69 Å². The first-order valence-corrected chi connectivity index (χ1v) is 11.5. The van der Waals surface area contributed by atoms with Crippen LogP contribution in [0.1, 0.15) is 29.8 Å². The number of aromatic nitrogens is 2. The molecule has 0 aliphatic rings. The molecule has 1 heterocycles. The molecule has 0 aliphatic carbocycles. The average Bonchev–Trinajstić information content (AvgIpc) is 3.20. The number of para-hydroxylation sites is 1. The molecule has 6 nitrogen and oxygen atoms in total. The zero-order chi connectivity index (χ0) is 20.9. The van der Waals surface area contributed by atoms with Crippen molar-refractivity contribution < 1.29 is 13.2 Å². The lowest BCUT2D eigenvalue weighted by atomic mass is 10.0. The van der Waals surface area contributed by atoms with Crippen LogP contribution in [0, 0.1) is 0 Å². The van der Waals surface area contributed by atoms with Gasteiger partial charge < -0.3 is 5.32 Å². The van der Waals surface area contributed by atoms with Gasteiger partial charge in [-0.1, -0.05) is 56.3 Å². The second-order valence-corrected chi connectivity index (χ2v) is 9.19. The Morgan fingerprint density at radius 2 is 1.72 bits per heavy atom. The molecule has 0 unspecified atom stereocenters. The smallest absolute Gasteiger partial charge is 0.255 e. The van der Waals surface area contributed by atoms with E-state index in [4.69, 9.17) is 0 Å². The molecule has 0 fully saturated rings. The third kappa shape index (κ3) is 5.12. The minimum atomic E-state index is -3.14. The minimum Gasteiger partial charge on any atom is -0.351 e. The SMILES string of the molecule is CCc1ccc(-c2nn(-c3ccccc3)cc2C(=O)NCCS(=O)(=O)CC)cc1. The van der Waals surface area contributed by atoms with E-state index in [1.165, 1.54) is 5.56 Å². The van der Waals surface area contributed by atoms with Crippen LogP contribution < -0.4 is 5.32 Å². The summed E-state index contributed by atoms with van der Waals surface area (Å²) < 4.78 is 25.0. The summed E-state index contributed by atoms with van der Waals surface area (Å²) in [6.45, 7) is 3.75. The molecule has 1 amide bonds. The van der Waals surface area contributed by atoms with E-state index < -0.39 is 9.84 Å². The molecule has 0 spiro atoms. The van der Waals surface area contributed by atoms with Gasteiger partial charge in [0.05, 0.1) is 17.0 Å². The van der Waals surface area contributed by atoms with Crippen LogP contribution in [-0.4, -0.2) is 42.2 Å². The Morgan fingerprint density at radius 1 is 1.03 bits per heavy atom. The van der Waals surface area contributed by atoms with Crippen LogP contribution in [0.2, 0.25) is 0 Å². The Hall–Kier alpha value is -2.93. The van der Waals surface area contributed by atoms with Gasteiger partial charge in [-0.3, -0.25) is 4.79 Å². The van der Waals surface area contributed by atoms with Crippen LogP contribution in [0.3, 0.4) is 0 Å². The van der Waals surface area contributed by atoms with Gasteiger partial charge in [0, 0.05) is 24.1 Å². The number of nitrogens with zero attached hydrogens (tertiary/aromatic N) is 2. The van der Waals surface area contributed by atoms with Crippen molar-refractivity contribution in [2.24, 2.45) is 0 Å². The van der Waals surface area contributed by atoms with Crippen molar-refractivity contribution in [1.82, 2.24) is 15.1 Å². The maximum Gasteiger partial charge on any atom is 0.255 e. The molecule has 0 atom stereocenters. The number of benzene rings is 2. The summed E-state index contributed by atoms with van der Waals surface area (Å²) in [5.41, 5.74) is 3.85. The summed E-state index contributed by atoms with van der Waals surface area (Å²) in [5.74, 6) is -0.361. The number of aryl methyl sites for hydroxylation is 1. The average molecular weight is 412 g/mol. The standard InChI is InChI=1S/C22H25N3O3S/c1-3-17-10-12-18(13-11-17)21-20(22(26)23-14-15-29(27,28)4-2)16-25(24-21)19-8-6-5-7-9-19/h5-13,16H,3-4,14-15H2,1-2H3,(H,23,26). The molecule has 0 saturated heterocycles. The number of hydrogen-bond donors (Lipinski definition) is 1. The van der Waals surface area contributed by atoms with Crippen molar-refractivity contribution in [3.63, 3.8) is 0 Å². The lowest BCUT2D eigenvalue weighted by Gasteiger charge is -2.06. The normalized spacial score (nSPS) is 11.4. The van der Waals surface area contributed by atoms with Crippen LogP contribution in [0.25, 0.3) is 16.9 Å². The first-order chi connectivity index (χ1) is 13.9. The highest BCUT2D eigenvalue weighted by atomic mass is 32.2. The van der Waals surface area contributed by atoms with Gasteiger partial charge in [-0.15, -0.1) is 0 Å². The molecular weight excluding hydrogens is 386 g/mol. The van der Waals surface area contributed by atoms with E-state index in [0.29, 0.717) is 11.3 Å². The second kappa shape index (κ2) is 9.05. The largest absolute Gasteiger partial charge is 0.351 e. The van der Waals surface area contributed by atoms with Crippen LogP contribution in [0.4, 0.5) is 0 Å². The summed E-state index contributed by atoms with van der Waals surface area (Å²) >= 11 is 0. The van der Waals surface area contributed by atoms with Crippen LogP contribution in [0.5, 0.6) is 0 Å². The van der Waals surface area contributed by atoms with Crippen LogP contribution >= 0.6 is 0 Å². The second-order valence-electron chi connectivity index (χ2n) is 6.71. The Balaban J connectivity index is 1.93. The third-order valence-electron chi connectivity index (χ3n) is 4.75. The van der Waals surface area contributed by atoms with Crippen LogP contribution in [-0.2, 0) is 16.3 Å². The Kier molecular flexibility index (Phi) is 6.49. The molecule has 2 aromatic carbocycles. The quantitative estimate of drug-likeness (QED) is 0.617. The third-order valence-corrected chi connectivity index (χ3v) is 6.46. The molecule has 1 aromatic heterocycles. The van der Waals surface area contributed by atoms with E-state index in [2.05, 4.69) is 17.3 Å². The number of carbonyl (C=O) groups excluding carboxylic acids is 1. The summed E-state index contributed by atoms with van der Waals surface area (Å²) in [7, 11) is -3.14. The fourth-order valence-electron chi connectivity index (χ4n) is 2.92. The maximum absolute atomic E-state index is 12.8. The fraction of sp³-hybridized carbons (Fsp3) is 0.273. The number of hydrogen-bond acceptors (Lipinski definition) is 4. The van der Waals surface area contributed by atoms with Crippen molar-refractivity contribution in [1.29, 1.82) is 0 Å². The fourth-order valence-corrected chi connectivity index (χ4v) is 3.63. The van der Waals surface area contributed by atoms with Gasteiger partial charge >= 0.3 is 0 Å². The van der Waals surface area contributed by atoms with Crippen molar-refractivity contribution in [3.05, 3.63) is 71.9 Å². The number of carbonyl (C=O) groups is 1. The molecule has 1 N–H and O–H groups in total. The van der Waals surface area contributed by atoms with Gasteiger partial charge in [-0.05, 0) is 24.1 Å². The van der Waals surface area contributed by atoms with E-state index in [0.717, 1.165) is 17.7 Å². The van der Waals surface area contributed by atoms with Crippen molar-refractivity contribution in [3.8, 4) is 16.9 Å². The maximum atomic E-state index is 12.8. The first kappa shape index (κ1) is 20.8. The Bertz CT molecular complexity index is 1070.